The average molecular weight is 265 g/mol. The Balaban J connectivity index is 1.87. The summed E-state index contributed by atoms with van der Waals surface area (Å²) in [7, 11) is 0. The summed E-state index contributed by atoms with van der Waals surface area (Å²) in [5.41, 5.74) is 1.61. The summed E-state index contributed by atoms with van der Waals surface area (Å²) in [5.74, 6) is -0.950. The van der Waals surface area contributed by atoms with E-state index in [0.717, 1.165) is 13.0 Å². The number of nitrogens with one attached hydrogen (secondary N) is 1. The first kappa shape index (κ1) is 14.2. The highest BCUT2D eigenvalue weighted by molar-refractivity contribution is 5.22. The van der Waals surface area contributed by atoms with E-state index in [-0.39, 0.29) is 11.6 Å². The summed E-state index contributed by atoms with van der Waals surface area (Å²) < 4.78 is 27.2. The zero-order chi connectivity index (χ0) is 13.7. The molecule has 1 N–H and O–H groups in total. The fourth-order valence-corrected chi connectivity index (χ4v) is 2.61. The molecule has 0 bridgehead atoms. The third kappa shape index (κ3) is 3.87. The van der Waals surface area contributed by atoms with Crippen LogP contribution in [0.25, 0.3) is 0 Å². The van der Waals surface area contributed by atoms with Gasteiger partial charge in [0.05, 0.1) is 0 Å². The van der Waals surface area contributed by atoms with E-state index in [0.29, 0.717) is 0 Å². The molecule has 0 fully saturated rings. The van der Waals surface area contributed by atoms with Crippen LogP contribution in [0.4, 0.5) is 8.78 Å². The monoisotopic (exact) mass is 265 g/mol. The summed E-state index contributed by atoms with van der Waals surface area (Å²) in [5, 5.41) is 3.21. The van der Waals surface area contributed by atoms with Gasteiger partial charge in [-0.1, -0.05) is 17.7 Å². The smallest absolute Gasteiger partial charge is 0.130 e. The van der Waals surface area contributed by atoms with Gasteiger partial charge in [-0.15, -0.1) is 0 Å². The summed E-state index contributed by atoms with van der Waals surface area (Å²) in [6.07, 6.45) is 8.17. The lowest BCUT2D eigenvalue weighted by Crippen LogP contribution is -2.22. The van der Waals surface area contributed by atoms with Crippen molar-refractivity contribution in [2.24, 2.45) is 0 Å². The van der Waals surface area contributed by atoms with E-state index >= 15 is 0 Å². The highest BCUT2D eigenvalue weighted by atomic mass is 19.1. The van der Waals surface area contributed by atoms with Crippen LogP contribution in [-0.2, 0) is 0 Å². The fraction of sp³-hybridized carbons (Fsp3) is 0.500. The molecule has 1 atom stereocenters. The van der Waals surface area contributed by atoms with Crippen LogP contribution in [0.5, 0.6) is 0 Å². The van der Waals surface area contributed by atoms with Crippen molar-refractivity contribution in [1.29, 1.82) is 0 Å². The minimum Gasteiger partial charge on any atom is -0.310 e. The lowest BCUT2D eigenvalue weighted by molar-refractivity contribution is 0.487. The molecule has 1 aliphatic rings. The minimum absolute atomic E-state index is 0.139. The third-order valence-electron chi connectivity index (χ3n) is 3.71. The van der Waals surface area contributed by atoms with E-state index in [1.165, 1.54) is 49.5 Å². The Hall–Kier alpha value is -1.22. The first-order valence-corrected chi connectivity index (χ1v) is 7.03. The average Bonchev–Trinajstić information content (AvgIpc) is 2.40. The number of hydrogen-bond donors (Lipinski definition) is 1. The van der Waals surface area contributed by atoms with E-state index in [1.807, 2.05) is 0 Å². The number of hydrogen-bond acceptors (Lipinski definition) is 1. The first-order valence-electron chi connectivity index (χ1n) is 7.03. The molecule has 1 aliphatic carbocycles. The molecule has 0 aliphatic heterocycles. The Morgan fingerprint density at radius 1 is 1.21 bits per heavy atom. The molecule has 1 unspecified atom stereocenters. The maximum Gasteiger partial charge on any atom is 0.130 e. The summed E-state index contributed by atoms with van der Waals surface area (Å²) in [6, 6.07) is 3.71. The molecule has 0 amide bonds. The van der Waals surface area contributed by atoms with Crippen molar-refractivity contribution < 1.29 is 8.78 Å². The molecule has 1 aromatic rings. The van der Waals surface area contributed by atoms with Crippen LogP contribution in [0, 0.1) is 11.6 Å². The van der Waals surface area contributed by atoms with Crippen LogP contribution in [-0.4, -0.2) is 6.54 Å². The van der Waals surface area contributed by atoms with Gasteiger partial charge in [-0.3, -0.25) is 0 Å². The summed E-state index contributed by atoms with van der Waals surface area (Å²) >= 11 is 0. The van der Waals surface area contributed by atoms with Crippen LogP contribution in [0.2, 0.25) is 0 Å². The maximum absolute atomic E-state index is 13.6. The minimum atomic E-state index is -0.475. The number of benzene rings is 1. The second-order valence-electron chi connectivity index (χ2n) is 5.17. The third-order valence-corrected chi connectivity index (χ3v) is 3.71. The number of rotatable bonds is 5. The number of halogens is 2. The molecule has 0 saturated carbocycles. The van der Waals surface area contributed by atoms with E-state index < -0.39 is 11.6 Å². The van der Waals surface area contributed by atoms with Gasteiger partial charge in [-0.25, -0.2) is 8.78 Å². The van der Waals surface area contributed by atoms with Crippen LogP contribution >= 0.6 is 0 Å². The molecule has 0 aromatic heterocycles. The lowest BCUT2D eigenvalue weighted by Gasteiger charge is -2.17. The SMILES string of the molecule is CC(NCCC1=CCCCC1)c1c(F)cccc1F. The molecule has 2 rings (SSSR count). The predicted molar refractivity (Wildman–Crippen MR) is 73.9 cm³/mol. The predicted octanol–water partition coefficient (Wildman–Crippen LogP) is 4.51. The molecule has 1 aromatic carbocycles. The zero-order valence-electron chi connectivity index (χ0n) is 11.4. The van der Waals surface area contributed by atoms with Gasteiger partial charge < -0.3 is 5.32 Å². The van der Waals surface area contributed by atoms with Crippen molar-refractivity contribution in [2.75, 3.05) is 6.54 Å². The van der Waals surface area contributed by atoms with Gasteiger partial charge in [0.25, 0.3) is 0 Å². The van der Waals surface area contributed by atoms with Gasteiger partial charge in [0.1, 0.15) is 11.6 Å². The van der Waals surface area contributed by atoms with Gasteiger partial charge in [0.15, 0.2) is 0 Å². The van der Waals surface area contributed by atoms with Crippen molar-refractivity contribution in [3.8, 4) is 0 Å². The fourth-order valence-electron chi connectivity index (χ4n) is 2.61. The van der Waals surface area contributed by atoms with E-state index in [4.69, 9.17) is 0 Å². The highest BCUT2D eigenvalue weighted by Gasteiger charge is 2.15. The summed E-state index contributed by atoms with van der Waals surface area (Å²) in [6.45, 7) is 2.57. The van der Waals surface area contributed by atoms with Gasteiger partial charge in [0.2, 0.25) is 0 Å². The Labute approximate surface area is 113 Å². The molecule has 19 heavy (non-hydrogen) atoms. The molecule has 3 heteroatoms. The normalized spacial score (nSPS) is 17.1. The van der Waals surface area contributed by atoms with Gasteiger partial charge in [-0.05, 0) is 57.7 Å². The Kier molecular flexibility index (Phi) is 5.08. The van der Waals surface area contributed by atoms with Crippen LogP contribution in [0.15, 0.2) is 29.8 Å². The van der Waals surface area contributed by atoms with Gasteiger partial charge >= 0.3 is 0 Å². The molecule has 0 saturated heterocycles. The van der Waals surface area contributed by atoms with Crippen molar-refractivity contribution in [2.45, 2.75) is 45.1 Å². The Morgan fingerprint density at radius 2 is 1.95 bits per heavy atom. The largest absolute Gasteiger partial charge is 0.310 e. The molecular formula is C16H21F2N. The molecule has 1 nitrogen and oxygen atoms in total. The summed E-state index contributed by atoms with van der Waals surface area (Å²) in [4.78, 5) is 0. The molecule has 104 valence electrons. The van der Waals surface area contributed by atoms with Gasteiger partial charge in [-0.2, -0.15) is 0 Å². The van der Waals surface area contributed by atoms with Crippen molar-refractivity contribution >= 4 is 0 Å². The number of allylic oxidation sites excluding steroid dienone is 1. The van der Waals surface area contributed by atoms with Crippen molar-refractivity contribution in [3.63, 3.8) is 0 Å². The van der Waals surface area contributed by atoms with E-state index in [2.05, 4.69) is 11.4 Å². The first-order chi connectivity index (χ1) is 9.18. The van der Waals surface area contributed by atoms with Crippen molar-refractivity contribution in [1.82, 2.24) is 5.32 Å². The van der Waals surface area contributed by atoms with Crippen LogP contribution in [0.3, 0.4) is 0 Å². The topological polar surface area (TPSA) is 12.0 Å². The standard InChI is InChI=1S/C16H21F2N/c1-12(16-14(17)8-5-9-15(16)18)19-11-10-13-6-3-2-4-7-13/h5-6,8-9,12,19H,2-4,7,10-11H2,1H3. The molecular weight excluding hydrogens is 244 g/mol. The molecule has 0 radical (unpaired) electrons. The maximum atomic E-state index is 13.6. The van der Waals surface area contributed by atoms with E-state index in [9.17, 15) is 8.78 Å². The zero-order valence-corrected chi connectivity index (χ0v) is 11.4. The quantitative estimate of drug-likeness (QED) is 0.773. The van der Waals surface area contributed by atoms with Gasteiger partial charge in [0, 0.05) is 11.6 Å². The Bertz CT molecular complexity index is 434. The second kappa shape index (κ2) is 6.80. The Morgan fingerprint density at radius 3 is 2.58 bits per heavy atom. The molecule has 0 spiro atoms. The molecule has 0 heterocycles. The van der Waals surface area contributed by atoms with E-state index in [1.54, 1.807) is 6.92 Å². The lowest BCUT2D eigenvalue weighted by atomic mass is 9.97. The second-order valence-corrected chi connectivity index (χ2v) is 5.17. The van der Waals surface area contributed by atoms with Crippen LogP contribution in [0.1, 0.15) is 50.6 Å². The van der Waals surface area contributed by atoms with Crippen LogP contribution < -0.4 is 5.32 Å². The van der Waals surface area contributed by atoms with Crippen molar-refractivity contribution in [3.05, 3.63) is 47.0 Å². The highest BCUT2D eigenvalue weighted by Crippen LogP contribution is 2.22.